The Morgan fingerprint density at radius 2 is 1.64 bits per heavy atom. The van der Waals surface area contributed by atoms with Crippen LogP contribution in [0.3, 0.4) is 0 Å². The van der Waals surface area contributed by atoms with E-state index in [9.17, 15) is 27.9 Å². The molecule has 0 aliphatic carbocycles. The molecule has 2 aliphatic heterocycles. The summed E-state index contributed by atoms with van der Waals surface area (Å²) in [5.74, 6) is -6.35. The number of piperidine rings is 2. The Kier molecular flexibility index (Phi) is 7.60. The molecule has 0 spiro atoms. The average molecular weight is 542 g/mol. The molecule has 8 nitrogen and oxygen atoms in total. The van der Waals surface area contributed by atoms with E-state index in [1.807, 2.05) is 12.1 Å². The molecule has 1 amide bonds. The van der Waals surface area contributed by atoms with Gasteiger partial charge in [-0.25, -0.2) is 13.2 Å². The van der Waals surface area contributed by atoms with Gasteiger partial charge in [0.05, 0.1) is 0 Å². The number of para-hydroxylation sites is 1. The lowest BCUT2D eigenvalue weighted by atomic mass is 9.84. The molecule has 206 valence electrons. The van der Waals surface area contributed by atoms with Crippen LogP contribution in [0.2, 0.25) is 0 Å². The summed E-state index contributed by atoms with van der Waals surface area (Å²) in [5, 5.41) is 11.3. The third-order valence-electron chi connectivity index (χ3n) is 7.99. The second-order valence-corrected chi connectivity index (χ2v) is 10.2. The number of carboxylic acids is 1. The third-order valence-corrected chi connectivity index (χ3v) is 7.99. The minimum absolute atomic E-state index is 0.104. The molecule has 0 bridgehead atoms. The van der Waals surface area contributed by atoms with Gasteiger partial charge in [-0.1, -0.05) is 18.2 Å². The average Bonchev–Trinajstić information content (AvgIpc) is 3.36. The van der Waals surface area contributed by atoms with Crippen LogP contribution < -0.4 is 5.73 Å². The molecule has 5 rings (SSSR count). The number of aliphatic carboxylic acids is 1. The number of carboxylic acid groups (broad SMARTS) is 1. The van der Waals surface area contributed by atoms with E-state index in [-0.39, 0.29) is 11.9 Å². The highest BCUT2D eigenvalue weighted by Crippen LogP contribution is 2.35. The Labute approximate surface area is 223 Å². The number of fused-ring (bicyclic) bond motifs is 1. The Hall–Kier alpha value is -3.86. The zero-order valence-electron chi connectivity index (χ0n) is 21.2. The van der Waals surface area contributed by atoms with Gasteiger partial charge < -0.3 is 20.7 Å². The Morgan fingerprint density at radius 1 is 1.00 bits per heavy atom. The fourth-order valence-corrected chi connectivity index (χ4v) is 5.94. The maximum Gasteiger partial charge on any atom is 0.321 e. The lowest BCUT2D eigenvalue weighted by molar-refractivity contribution is -0.146. The zero-order valence-corrected chi connectivity index (χ0v) is 21.2. The number of benzene rings is 2. The first-order valence-electron chi connectivity index (χ1n) is 13.0. The van der Waals surface area contributed by atoms with Crippen molar-refractivity contribution in [2.24, 2.45) is 16.6 Å². The van der Waals surface area contributed by atoms with Crippen molar-refractivity contribution in [2.75, 3.05) is 26.2 Å². The molecule has 2 aromatic carbocycles. The molecule has 3 heterocycles. The molecule has 0 radical (unpaired) electrons. The number of aromatic amines is 1. The number of H-pyrrole nitrogens is 1. The van der Waals surface area contributed by atoms with Gasteiger partial charge in [0.25, 0.3) is 5.91 Å². The highest BCUT2D eigenvalue weighted by Gasteiger charge is 2.38. The van der Waals surface area contributed by atoms with Crippen molar-refractivity contribution in [3.05, 3.63) is 71.2 Å². The van der Waals surface area contributed by atoms with Gasteiger partial charge in [0.15, 0.2) is 23.4 Å². The molecule has 1 aromatic heterocycles. The number of likely N-dealkylation sites (tertiary alicyclic amines) is 2. The largest absolute Gasteiger partial charge is 0.480 e. The van der Waals surface area contributed by atoms with E-state index in [0.717, 1.165) is 18.4 Å². The number of halogens is 3. The number of rotatable bonds is 5. The molecule has 2 fully saturated rings. The molecule has 2 aliphatic rings. The van der Waals surface area contributed by atoms with Crippen LogP contribution in [-0.2, 0) is 4.79 Å². The van der Waals surface area contributed by atoms with Crippen LogP contribution in [0, 0.1) is 23.4 Å². The van der Waals surface area contributed by atoms with E-state index in [1.54, 1.807) is 4.90 Å². The first-order valence-corrected chi connectivity index (χ1v) is 13.0. The van der Waals surface area contributed by atoms with Crippen LogP contribution in [0.15, 0.2) is 47.6 Å². The first kappa shape index (κ1) is 26.7. The van der Waals surface area contributed by atoms with Gasteiger partial charge in [-0.2, -0.15) is 4.99 Å². The Balaban J connectivity index is 1.19. The number of nitrogens with one attached hydrogen (secondary N) is 1. The fraction of sp³-hybridized carbons (Fsp3) is 0.393. The lowest BCUT2D eigenvalue weighted by Crippen LogP contribution is -2.53. The number of hydrogen-bond acceptors (Lipinski definition) is 3. The highest BCUT2D eigenvalue weighted by atomic mass is 19.2. The number of hydrogen-bond donors (Lipinski definition) is 3. The van der Waals surface area contributed by atoms with E-state index in [2.05, 4.69) is 33.2 Å². The maximum atomic E-state index is 13.5. The number of carbonyl (C=O) groups is 2. The van der Waals surface area contributed by atoms with Crippen molar-refractivity contribution in [3.8, 4) is 0 Å². The van der Waals surface area contributed by atoms with Crippen molar-refractivity contribution in [1.82, 2.24) is 14.8 Å². The van der Waals surface area contributed by atoms with E-state index in [1.165, 1.54) is 10.9 Å². The van der Waals surface area contributed by atoms with Crippen molar-refractivity contribution >= 4 is 28.7 Å². The van der Waals surface area contributed by atoms with Crippen molar-refractivity contribution in [3.63, 3.8) is 0 Å². The van der Waals surface area contributed by atoms with Gasteiger partial charge in [-0.3, -0.25) is 14.5 Å². The van der Waals surface area contributed by atoms with E-state index >= 15 is 0 Å². The summed E-state index contributed by atoms with van der Waals surface area (Å²) in [5.41, 5.74) is 7.91. The number of aliphatic imine (C=N–C) groups is 1. The second kappa shape index (κ2) is 11.1. The summed E-state index contributed by atoms with van der Waals surface area (Å²) in [6, 6.07) is 8.71. The first-order chi connectivity index (χ1) is 18.7. The molecule has 39 heavy (non-hydrogen) atoms. The third kappa shape index (κ3) is 5.49. The highest BCUT2D eigenvalue weighted by molar-refractivity contribution is 6.02. The van der Waals surface area contributed by atoms with Gasteiger partial charge in [-0.05, 0) is 74.4 Å². The summed E-state index contributed by atoms with van der Waals surface area (Å²) in [4.78, 5) is 35.4. The molecule has 4 N–H and O–H groups in total. The van der Waals surface area contributed by atoms with E-state index < -0.39 is 40.9 Å². The predicted octanol–water partition coefficient (Wildman–Crippen LogP) is 4.08. The predicted molar refractivity (Wildman–Crippen MR) is 140 cm³/mol. The summed E-state index contributed by atoms with van der Waals surface area (Å²) in [6.45, 7) is 2.14. The summed E-state index contributed by atoms with van der Waals surface area (Å²) < 4.78 is 40.1. The molecule has 1 atom stereocenters. The number of nitrogens with two attached hydrogens (primary N) is 1. The number of nitrogens with zero attached hydrogens (tertiary/aromatic N) is 3. The van der Waals surface area contributed by atoms with Crippen LogP contribution in [-0.4, -0.2) is 69.9 Å². The summed E-state index contributed by atoms with van der Waals surface area (Å²) in [6.07, 6.45) is 4.87. The van der Waals surface area contributed by atoms with Gasteiger partial charge in [0, 0.05) is 35.8 Å². The summed E-state index contributed by atoms with van der Waals surface area (Å²) in [7, 11) is 0. The Bertz CT molecular complexity index is 1390. The van der Waals surface area contributed by atoms with Crippen LogP contribution in [0.4, 0.5) is 13.2 Å². The minimum Gasteiger partial charge on any atom is -0.480 e. The van der Waals surface area contributed by atoms with Gasteiger partial charge in [0.2, 0.25) is 0 Å². The van der Waals surface area contributed by atoms with Crippen molar-refractivity contribution in [1.29, 1.82) is 0 Å². The molecule has 1 unspecified atom stereocenters. The van der Waals surface area contributed by atoms with Crippen LogP contribution in [0.25, 0.3) is 10.9 Å². The number of guanidine groups is 1. The molecule has 3 aromatic rings. The normalized spacial score (nSPS) is 18.9. The van der Waals surface area contributed by atoms with Crippen molar-refractivity contribution < 1.29 is 27.9 Å². The fourth-order valence-electron chi connectivity index (χ4n) is 5.94. The number of carbonyl (C=O) groups excluding carboxylic acids is 1. The monoisotopic (exact) mass is 541 g/mol. The van der Waals surface area contributed by atoms with Gasteiger partial charge >= 0.3 is 5.97 Å². The van der Waals surface area contributed by atoms with Crippen LogP contribution >= 0.6 is 0 Å². The number of amides is 1. The summed E-state index contributed by atoms with van der Waals surface area (Å²) >= 11 is 0. The van der Waals surface area contributed by atoms with Crippen LogP contribution in [0.1, 0.15) is 47.5 Å². The maximum absolute atomic E-state index is 13.5. The topological polar surface area (TPSA) is 115 Å². The Morgan fingerprint density at radius 3 is 2.28 bits per heavy atom. The standard InChI is InChI=1S/C28H30F3N5O3/c29-21-13-18(14-22(30)24(21)31)26(37)34-28(32)36-11-7-17(8-12-36)25(27(38)39)35-9-5-16(6-10-35)20-15-33-23-4-2-1-3-19(20)23/h1-4,13-17,25,33H,5-12H2,(H,38,39)(H2,32,34,37). The lowest BCUT2D eigenvalue weighted by Gasteiger charge is -2.42. The SMILES string of the molecule is NC(=NC(=O)c1cc(F)c(F)c(F)c1)N1CCC(C(C(=O)O)N2CCC(c3c[nH]c4ccccc34)CC2)CC1. The van der Waals surface area contributed by atoms with Gasteiger partial charge in [-0.15, -0.1) is 0 Å². The van der Waals surface area contributed by atoms with E-state index in [4.69, 9.17) is 5.73 Å². The molecule has 2 saturated heterocycles. The second-order valence-electron chi connectivity index (χ2n) is 10.2. The zero-order chi connectivity index (χ0) is 27.7. The molecular formula is C28H30F3N5O3. The molecule has 0 saturated carbocycles. The smallest absolute Gasteiger partial charge is 0.321 e. The quantitative estimate of drug-likeness (QED) is 0.255. The van der Waals surface area contributed by atoms with Crippen LogP contribution in [0.5, 0.6) is 0 Å². The minimum atomic E-state index is -1.67. The van der Waals surface area contributed by atoms with E-state index in [0.29, 0.717) is 57.1 Å². The van der Waals surface area contributed by atoms with Crippen molar-refractivity contribution in [2.45, 2.75) is 37.6 Å². The molecular weight excluding hydrogens is 511 g/mol. The van der Waals surface area contributed by atoms with Gasteiger partial charge in [0.1, 0.15) is 6.04 Å². The number of aromatic nitrogens is 1. The molecule has 11 heteroatoms.